The van der Waals surface area contributed by atoms with Crippen molar-refractivity contribution in [3.63, 3.8) is 0 Å². The summed E-state index contributed by atoms with van der Waals surface area (Å²) in [5, 5.41) is 7.35. The summed E-state index contributed by atoms with van der Waals surface area (Å²) >= 11 is 3.24. The van der Waals surface area contributed by atoms with Crippen LogP contribution in [-0.4, -0.2) is 16.3 Å². The maximum absolute atomic E-state index is 13.5. The molecule has 0 unspecified atom stereocenters. The van der Waals surface area contributed by atoms with Crippen LogP contribution in [0.5, 0.6) is 0 Å². The number of aryl methyl sites for hydroxylation is 1. The SMILES string of the molecule is Fc1cc(Br)ccc1CNCCCn1cccn1. The molecule has 1 N–H and O–H groups in total. The number of hydrogen-bond donors (Lipinski definition) is 1. The van der Waals surface area contributed by atoms with E-state index in [1.807, 2.05) is 23.0 Å². The second-order valence-corrected chi connectivity index (χ2v) is 4.95. The van der Waals surface area contributed by atoms with Crippen LogP contribution in [0.3, 0.4) is 0 Å². The zero-order valence-corrected chi connectivity index (χ0v) is 11.5. The number of halogens is 2. The molecule has 0 saturated carbocycles. The molecule has 0 amide bonds. The number of aromatic nitrogens is 2. The zero-order valence-electron chi connectivity index (χ0n) is 9.94. The molecule has 0 bridgehead atoms. The molecule has 2 rings (SSSR count). The fraction of sp³-hybridized carbons (Fsp3) is 0.308. The van der Waals surface area contributed by atoms with Crippen molar-refractivity contribution in [2.75, 3.05) is 6.54 Å². The van der Waals surface area contributed by atoms with Gasteiger partial charge >= 0.3 is 0 Å². The highest BCUT2D eigenvalue weighted by Gasteiger charge is 2.01. The van der Waals surface area contributed by atoms with Crippen LogP contribution in [0, 0.1) is 5.82 Å². The van der Waals surface area contributed by atoms with Crippen LogP contribution in [0.15, 0.2) is 41.1 Å². The Morgan fingerprint density at radius 3 is 3.00 bits per heavy atom. The topological polar surface area (TPSA) is 29.9 Å². The first kappa shape index (κ1) is 13.2. The fourth-order valence-electron chi connectivity index (χ4n) is 1.69. The molecule has 0 saturated heterocycles. The third-order valence-electron chi connectivity index (χ3n) is 2.63. The van der Waals surface area contributed by atoms with E-state index in [0.29, 0.717) is 12.1 Å². The molecule has 1 heterocycles. The Hall–Kier alpha value is -1.20. The molecule has 1 aromatic carbocycles. The van der Waals surface area contributed by atoms with Crippen molar-refractivity contribution in [2.45, 2.75) is 19.5 Å². The first-order valence-corrected chi connectivity index (χ1v) is 6.67. The molecule has 0 atom stereocenters. The van der Waals surface area contributed by atoms with Crippen molar-refractivity contribution in [3.8, 4) is 0 Å². The summed E-state index contributed by atoms with van der Waals surface area (Å²) in [6.45, 7) is 2.27. The van der Waals surface area contributed by atoms with Gasteiger partial charge in [-0.2, -0.15) is 5.10 Å². The Bertz CT molecular complexity index is 485. The highest BCUT2D eigenvalue weighted by atomic mass is 79.9. The van der Waals surface area contributed by atoms with E-state index in [9.17, 15) is 4.39 Å². The van der Waals surface area contributed by atoms with Gasteiger partial charge in [0.1, 0.15) is 5.82 Å². The Morgan fingerprint density at radius 2 is 2.28 bits per heavy atom. The van der Waals surface area contributed by atoms with Gasteiger partial charge in [0, 0.05) is 35.5 Å². The lowest BCUT2D eigenvalue weighted by Crippen LogP contribution is -2.17. The van der Waals surface area contributed by atoms with Gasteiger partial charge in [-0.05, 0) is 31.2 Å². The molecule has 0 aliphatic heterocycles. The Balaban J connectivity index is 1.69. The van der Waals surface area contributed by atoms with E-state index in [4.69, 9.17) is 0 Å². The molecule has 5 heteroatoms. The minimum atomic E-state index is -0.177. The Labute approximate surface area is 114 Å². The van der Waals surface area contributed by atoms with Crippen LogP contribution in [-0.2, 0) is 13.1 Å². The smallest absolute Gasteiger partial charge is 0.128 e. The molecule has 0 aliphatic rings. The van der Waals surface area contributed by atoms with E-state index in [0.717, 1.165) is 24.0 Å². The third kappa shape index (κ3) is 3.92. The summed E-state index contributed by atoms with van der Waals surface area (Å²) in [6, 6.07) is 7.04. The predicted molar refractivity (Wildman–Crippen MR) is 72.7 cm³/mol. The predicted octanol–water partition coefficient (Wildman–Crippen LogP) is 2.96. The van der Waals surface area contributed by atoms with E-state index in [2.05, 4.69) is 26.3 Å². The van der Waals surface area contributed by atoms with Crippen LogP contribution in [0.4, 0.5) is 4.39 Å². The van der Waals surface area contributed by atoms with E-state index in [-0.39, 0.29) is 5.82 Å². The van der Waals surface area contributed by atoms with Crippen molar-refractivity contribution >= 4 is 15.9 Å². The van der Waals surface area contributed by atoms with Gasteiger partial charge in [-0.15, -0.1) is 0 Å². The van der Waals surface area contributed by atoms with Crippen molar-refractivity contribution in [1.82, 2.24) is 15.1 Å². The lowest BCUT2D eigenvalue weighted by molar-refractivity contribution is 0.533. The summed E-state index contributed by atoms with van der Waals surface area (Å²) in [4.78, 5) is 0. The molecule has 96 valence electrons. The maximum atomic E-state index is 13.5. The van der Waals surface area contributed by atoms with Crippen LogP contribution in [0.25, 0.3) is 0 Å². The van der Waals surface area contributed by atoms with E-state index in [1.165, 1.54) is 6.07 Å². The second-order valence-electron chi connectivity index (χ2n) is 4.04. The van der Waals surface area contributed by atoms with Crippen molar-refractivity contribution < 1.29 is 4.39 Å². The molecule has 18 heavy (non-hydrogen) atoms. The van der Waals surface area contributed by atoms with E-state index < -0.39 is 0 Å². The maximum Gasteiger partial charge on any atom is 0.128 e. The number of benzene rings is 1. The van der Waals surface area contributed by atoms with Gasteiger partial charge in [0.05, 0.1) is 0 Å². The molecule has 0 fully saturated rings. The normalized spacial score (nSPS) is 10.8. The molecule has 1 aromatic heterocycles. The van der Waals surface area contributed by atoms with E-state index >= 15 is 0 Å². The van der Waals surface area contributed by atoms with Gasteiger partial charge in [0.15, 0.2) is 0 Å². The first-order valence-electron chi connectivity index (χ1n) is 5.88. The van der Waals surface area contributed by atoms with Crippen molar-refractivity contribution in [2.24, 2.45) is 0 Å². The Morgan fingerprint density at radius 1 is 1.39 bits per heavy atom. The quantitative estimate of drug-likeness (QED) is 0.831. The summed E-state index contributed by atoms with van der Waals surface area (Å²) in [5.74, 6) is -0.177. The van der Waals surface area contributed by atoms with Gasteiger partial charge in [-0.3, -0.25) is 4.68 Å². The summed E-state index contributed by atoms with van der Waals surface area (Å²) < 4.78 is 16.2. The summed E-state index contributed by atoms with van der Waals surface area (Å²) in [7, 11) is 0. The lowest BCUT2D eigenvalue weighted by Gasteiger charge is -2.06. The first-order chi connectivity index (χ1) is 8.75. The average molecular weight is 312 g/mol. The van der Waals surface area contributed by atoms with Gasteiger partial charge in [0.25, 0.3) is 0 Å². The van der Waals surface area contributed by atoms with E-state index in [1.54, 1.807) is 12.3 Å². The second kappa shape index (κ2) is 6.66. The average Bonchev–Trinajstić information content (AvgIpc) is 2.84. The Kier molecular flexibility index (Phi) is 4.90. The third-order valence-corrected chi connectivity index (χ3v) is 3.12. The number of hydrogen-bond acceptors (Lipinski definition) is 2. The minimum absolute atomic E-state index is 0.177. The highest BCUT2D eigenvalue weighted by Crippen LogP contribution is 2.14. The molecule has 0 radical (unpaired) electrons. The monoisotopic (exact) mass is 311 g/mol. The van der Waals surface area contributed by atoms with Gasteiger partial charge in [-0.1, -0.05) is 22.0 Å². The zero-order chi connectivity index (χ0) is 12.8. The van der Waals surface area contributed by atoms with Gasteiger partial charge < -0.3 is 5.32 Å². The van der Waals surface area contributed by atoms with Crippen LogP contribution < -0.4 is 5.32 Å². The van der Waals surface area contributed by atoms with Gasteiger partial charge in [0.2, 0.25) is 0 Å². The van der Waals surface area contributed by atoms with Crippen molar-refractivity contribution in [1.29, 1.82) is 0 Å². The largest absolute Gasteiger partial charge is 0.312 e. The molecule has 0 spiro atoms. The van der Waals surface area contributed by atoms with Gasteiger partial charge in [-0.25, -0.2) is 4.39 Å². The number of rotatable bonds is 6. The molecule has 2 aromatic rings. The van der Waals surface area contributed by atoms with Crippen LogP contribution in [0.1, 0.15) is 12.0 Å². The van der Waals surface area contributed by atoms with Crippen LogP contribution in [0.2, 0.25) is 0 Å². The number of nitrogens with one attached hydrogen (secondary N) is 1. The molecular formula is C13H15BrFN3. The fourth-order valence-corrected chi connectivity index (χ4v) is 2.02. The summed E-state index contributed by atoms with van der Waals surface area (Å²) in [5.41, 5.74) is 0.692. The van der Waals surface area contributed by atoms with Crippen molar-refractivity contribution in [3.05, 3.63) is 52.5 Å². The minimum Gasteiger partial charge on any atom is -0.312 e. The highest BCUT2D eigenvalue weighted by molar-refractivity contribution is 9.10. The molecule has 3 nitrogen and oxygen atoms in total. The molecular weight excluding hydrogens is 297 g/mol. The van der Waals surface area contributed by atoms with Crippen LogP contribution >= 0.6 is 15.9 Å². The summed E-state index contributed by atoms with van der Waals surface area (Å²) in [6.07, 6.45) is 4.68. The lowest BCUT2D eigenvalue weighted by atomic mass is 10.2. The number of nitrogens with zero attached hydrogens (tertiary/aromatic N) is 2. The molecule has 0 aliphatic carbocycles. The standard InChI is InChI=1S/C13H15BrFN3/c14-12-4-3-11(13(15)9-12)10-16-5-1-7-18-8-2-6-17-18/h2-4,6,8-9,16H,1,5,7,10H2.